The van der Waals surface area contributed by atoms with Crippen LogP contribution in [-0.4, -0.2) is 21.9 Å². The van der Waals surface area contributed by atoms with Crippen molar-refractivity contribution in [2.75, 3.05) is 11.9 Å². The van der Waals surface area contributed by atoms with Crippen LogP contribution in [-0.2, 0) is 0 Å². The average Bonchev–Trinajstić information content (AvgIpc) is 2.92. The largest absolute Gasteiger partial charge is 0.492 e. The first-order valence-corrected chi connectivity index (χ1v) is 7.16. The topological polar surface area (TPSA) is 55.6 Å². The molecular formula is C17H17N3O2. The van der Waals surface area contributed by atoms with Gasteiger partial charge in [-0.05, 0) is 43.7 Å². The molecule has 5 heteroatoms. The number of hydrogen-bond donors (Lipinski definition) is 1. The molecule has 0 atom stereocenters. The second-order valence-electron chi connectivity index (χ2n) is 4.98. The standard InChI is InChI=1S/C17H17N3O2/c1-3-22-15-7-5-4-6-13(15)19-17(21)14-11-20-9-8-12(2)10-16(20)18-14/h4-11H,3H2,1-2H3,(H,19,21). The van der Waals surface area contributed by atoms with Crippen LogP contribution in [0, 0.1) is 6.92 Å². The Kier molecular flexibility index (Phi) is 3.78. The Morgan fingerprint density at radius 2 is 2.14 bits per heavy atom. The Bertz CT molecular complexity index is 824. The summed E-state index contributed by atoms with van der Waals surface area (Å²) in [6.45, 7) is 4.44. The summed E-state index contributed by atoms with van der Waals surface area (Å²) in [7, 11) is 0. The van der Waals surface area contributed by atoms with E-state index in [0.29, 0.717) is 23.7 Å². The van der Waals surface area contributed by atoms with E-state index in [2.05, 4.69) is 10.3 Å². The lowest BCUT2D eigenvalue weighted by molar-refractivity contribution is 0.102. The van der Waals surface area contributed by atoms with Gasteiger partial charge in [-0.2, -0.15) is 0 Å². The lowest BCUT2D eigenvalue weighted by Gasteiger charge is -2.10. The van der Waals surface area contributed by atoms with Gasteiger partial charge in [0.05, 0.1) is 12.3 Å². The van der Waals surface area contributed by atoms with Gasteiger partial charge in [-0.25, -0.2) is 4.98 Å². The maximum atomic E-state index is 12.4. The third-order valence-electron chi connectivity index (χ3n) is 3.28. The Hall–Kier alpha value is -2.82. The van der Waals surface area contributed by atoms with E-state index in [9.17, 15) is 4.79 Å². The normalized spacial score (nSPS) is 10.6. The highest BCUT2D eigenvalue weighted by Gasteiger charge is 2.13. The second kappa shape index (κ2) is 5.89. The first-order chi connectivity index (χ1) is 10.7. The molecule has 0 radical (unpaired) electrons. The maximum Gasteiger partial charge on any atom is 0.275 e. The number of ether oxygens (including phenoxy) is 1. The average molecular weight is 295 g/mol. The molecule has 0 saturated carbocycles. The summed E-state index contributed by atoms with van der Waals surface area (Å²) in [5.41, 5.74) is 2.87. The summed E-state index contributed by atoms with van der Waals surface area (Å²) >= 11 is 0. The van der Waals surface area contributed by atoms with Gasteiger partial charge in [0.25, 0.3) is 5.91 Å². The van der Waals surface area contributed by atoms with Gasteiger partial charge in [0, 0.05) is 12.4 Å². The van der Waals surface area contributed by atoms with Crippen molar-refractivity contribution < 1.29 is 9.53 Å². The van der Waals surface area contributed by atoms with Crippen LogP contribution in [0.1, 0.15) is 23.0 Å². The van der Waals surface area contributed by atoms with Gasteiger partial charge in [-0.15, -0.1) is 0 Å². The fraction of sp³-hybridized carbons (Fsp3) is 0.176. The minimum Gasteiger partial charge on any atom is -0.492 e. The van der Waals surface area contributed by atoms with Crippen LogP contribution in [0.4, 0.5) is 5.69 Å². The third kappa shape index (κ3) is 2.79. The van der Waals surface area contributed by atoms with Crippen LogP contribution in [0.2, 0.25) is 0 Å². The second-order valence-corrected chi connectivity index (χ2v) is 4.98. The molecule has 0 saturated heterocycles. The fourth-order valence-corrected chi connectivity index (χ4v) is 2.23. The molecule has 0 aliphatic heterocycles. The number of aryl methyl sites for hydroxylation is 1. The van der Waals surface area contributed by atoms with Crippen molar-refractivity contribution in [2.24, 2.45) is 0 Å². The SMILES string of the molecule is CCOc1ccccc1NC(=O)c1cn2ccc(C)cc2n1. The molecule has 2 heterocycles. The number of benzene rings is 1. The summed E-state index contributed by atoms with van der Waals surface area (Å²) in [5.74, 6) is 0.395. The maximum absolute atomic E-state index is 12.4. The van der Waals surface area contributed by atoms with E-state index in [1.165, 1.54) is 0 Å². The number of carbonyl (C=O) groups is 1. The molecule has 0 unspecified atom stereocenters. The van der Waals surface area contributed by atoms with Gasteiger partial charge in [0.1, 0.15) is 17.1 Å². The molecule has 2 aromatic heterocycles. The molecule has 3 aromatic rings. The molecule has 0 spiro atoms. The zero-order chi connectivity index (χ0) is 15.5. The Morgan fingerprint density at radius 1 is 1.32 bits per heavy atom. The van der Waals surface area contributed by atoms with Crippen molar-refractivity contribution in [3.05, 3.63) is 60.0 Å². The zero-order valence-corrected chi connectivity index (χ0v) is 12.5. The number of para-hydroxylation sites is 2. The molecule has 0 fully saturated rings. The molecule has 112 valence electrons. The number of aromatic nitrogens is 2. The van der Waals surface area contributed by atoms with Crippen LogP contribution in [0.25, 0.3) is 5.65 Å². The van der Waals surface area contributed by atoms with Gasteiger partial charge >= 0.3 is 0 Å². The first kappa shape index (κ1) is 14.1. The number of nitrogens with one attached hydrogen (secondary N) is 1. The van der Waals surface area contributed by atoms with E-state index in [4.69, 9.17) is 4.74 Å². The molecule has 0 aliphatic carbocycles. The molecule has 5 nitrogen and oxygen atoms in total. The van der Waals surface area contributed by atoms with Crippen molar-refractivity contribution in [3.63, 3.8) is 0 Å². The number of anilines is 1. The molecular weight excluding hydrogens is 278 g/mol. The van der Waals surface area contributed by atoms with Gasteiger partial charge in [-0.3, -0.25) is 4.79 Å². The van der Waals surface area contributed by atoms with Crippen LogP contribution < -0.4 is 10.1 Å². The number of amides is 1. The predicted molar refractivity (Wildman–Crippen MR) is 85.5 cm³/mol. The Labute approximate surface area is 128 Å². The van der Waals surface area contributed by atoms with Crippen LogP contribution in [0.3, 0.4) is 0 Å². The van der Waals surface area contributed by atoms with E-state index in [0.717, 1.165) is 11.2 Å². The highest BCUT2D eigenvalue weighted by atomic mass is 16.5. The van der Waals surface area contributed by atoms with Gasteiger partial charge in [-0.1, -0.05) is 12.1 Å². The highest BCUT2D eigenvalue weighted by Crippen LogP contribution is 2.24. The highest BCUT2D eigenvalue weighted by molar-refractivity contribution is 6.04. The van der Waals surface area contributed by atoms with Crippen molar-refractivity contribution in [3.8, 4) is 5.75 Å². The summed E-state index contributed by atoms with van der Waals surface area (Å²) in [5, 5.41) is 2.85. The zero-order valence-electron chi connectivity index (χ0n) is 12.5. The minimum atomic E-state index is -0.256. The Morgan fingerprint density at radius 3 is 2.95 bits per heavy atom. The molecule has 3 rings (SSSR count). The molecule has 1 aromatic carbocycles. The lowest BCUT2D eigenvalue weighted by Crippen LogP contribution is -2.13. The number of rotatable bonds is 4. The lowest BCUT2D eigenvalue weighted by atomic mass is 10.3. The summed E-state index contributed by atoms with van der Waals surface area (Å²) < 4.78 is 7.34. The predicted octanol–water partition coefficient (Wildman–Crippen LogP) is 3.29. The van der Waals surface area contributed by atoms with Crippen molar-refractivity contribution >= 4 is 17.2 Å². The van der Waals surface area contributed by atoms with E-state index >= 15 is 0 Å². The van der Waals surface area contributed by atoms with Crippen LogP contribution in [0.15, 0.2) is 48.8 Å². The smallest absolute Gasteiger partial charge is 0.275 e. The summed E-state index contributed by atoms with van der Waals surface area (Å²) in [6, 6.07) is 11.3. The molecule has 1 N–H and O–H groups in total. The van der Waals surface area contributed by atoms with E-state index in [1.54, 1.807) is 6.20 Å². The first-order valence-electron chi connectivity index (χ1n) is 7.16. The van der Waals surface area contributed by atoms with E-state index in [-0.39, 0.29) is 5.91 Å². The van der Waals surface area contributed by atoms with Crippen LogP contribution >= 0.6 is 0 Å². The summed E-state index contributed by atoms with van der Waals surface area (Å²) in [6.07, 6.45) is 3.61. The van der Waals surface area contributed by atoms with E-state index < -0.39 is 0 Å². The number of pyridine rings is 1. The number of fused-ring (bicyclic) bond motifs is 1. The number of carbonyl (C=O) groups excluding carboxylic acids is 1. The molecule has 0 bridgehead atoms. The van der Waals surface area contributed by atoms with Gasteiger partial charge in [0.2, 0.25) is 0 Å². The third-order valence-corrected chi connectivity index (χ3v) is 3.28. The minimum absolute atomic E-state index is 0.256. The molecule has 0 aliphatic rings. The van der Waals surface area contributed by atoms with Crippen molar-refractivity contribution in [1.82, 2.24) is 9.38 Å². The van der Waals surface area contributed by atoms with Crippen molar-refractivity contribution in [1.29, 1.82) is 0 Å². The Balaban J connectivity index is 1.87. The quantitative estimate of drug-likeness (QED) is 0.803. The van der Waals surface area contributed by atoms with Gasteiger partial charge < -0.3 is 14.5 Å². The molecule has 22 heavy (non-hydrogen) atoms. The van der Waals surface area contributed by atoms with Crippen LogP contribution in [0.5, 0.6) is 5.75 Å². The molecule has 1 amide bonds. The number of imidazole rings is 1. The fourth-order valence-electron chi connectivity index (χ4n) is 2.23. The van der Waals surface area contributed by atoms with Crippen molar-refractivity contribution in [2.45, 2.75) is 13.8 Å². The van der Waals surface area contributed by atoms with E-state index in [1.807, 2.05) is 60.8 Å². The summed E-state index contributed by atoms with van der Waals surface area (Å²) in [4.78, 5) is 16.7. The monoisotopic (exact) mass is 295 g/mol. The number of hydrogen-bond acceptors (Lipinski definition) is 3. The number of nitrogens with zero attached hydrogens (tertiary/aromatic N) is 2. The van der Waals surface area contributed by atoms with Gasteiger partial charge in [0.15, 0.2) is 0 Å².